The zero-order chi connectivity index (χ0) is 18.3. The number of nitrogens with one attached hydrogen (secondary N) is 1. The Hall–Kier alpha value is -3.03. The number of rotatable bonds is 6. The normalized spacial score (nSPS) is 11.4. The number of anilines is 1. The molecule has 0 unspecified atom stereocenters. The Balaban J connectivity index is 1.88. The highest BCUT2D eigenvalue weighted by atomic mass is 19.4. The van der Waals surface area contributed by atoms with Gasteiger partial charge in [-0.05, 0) is 30.3 Å². The quantitative estimate of drug-likeness (QED) is 0.637. The predicted octanol–water partition coefficient (Wildman–Crippen LogP) is 3.70. The number of carbonyl (C=O) groups excluding carboxylic acids is 1. The number of benzene rings is 2. The largest absolute Gasteiger partial charge is 0.496 e. The van der Waals surface area contributed by atoms with Crippen LogP contribution >= 0.6 is 0 Å². The number of halogens is 3. The maximum absolute atomic E-state index is 12.6. The lowest BCUT2D eigenvalue weighted by Crippen LogP contribution is -2.17. The number of nitrogens with zero attached hydrogens (tertiary/aromatic N) is 1. The van der Waals surface area contributed by atoms with Crippen molar-refractivity contribution >= 4 is 17.8 Å². The highest BCUT2D eigenvalue weighted by molar-refractivity contribution is 5.91. The van der Waals surface area contributed by atoms with E-state index in [-0.39, 0.29) is 5.69 Å². The molecule has 0 aliphatic carbocycles. The maximum atomic E-state index is 12.6. The number of ether oxygens (including phenoxy) is 1. The molecule has 132 valence electrons. The van der Waals surface area contributed by atoms with Gasteiger partial charge >= 0.3 is 6.18 Å². The van der Waals surface area contributed by atoms with E-state index in [2.05, 4.69) is 10.5 Å². The van der Waals surface area contributed by atoms with Crippen LogP contribution < -0.4 is 10.1 Å². The third kappa shape index (κ3) is 5.52. The standard InChI is InChI=1S/C17H15F3N2O3/c1-24-15-8-3-2-5-12(15)10-21-25-11-16(23)22-14-7-4-6-13(9-14)17(18,19)20/h2-10H,11H2,1H3,(H,22,23)/b21-10-. The lowest BCUT2D eigenvalue weighted by molar-refractivity contribution is -0.137. The van der Waals surface area contributed by atoms with E-state index in [0.29, 0.717) is 11.3 Å². The zero-order valence-electron chi connectivity index (χ0n) is 13.2. The Morgan fingerprint density at radius 2 is 1.96 bits per heavy atom. The molecule has 0 spiro atoms. The molecule has 0 saturated heterocycles. The molecule has 0 atom stereocenters. The molecule has 0 aliphatic rings. The highest BCUT2D eigenvalue weighted by Crippen LogP contribution is 2.30. The van der Waals surface area contributed by atoms with E-state index < -0.39 is 24.3 Å². The SMILES string of the molecule is COc1ccccc1/C=N\OCC(=O)Nc1cccc(C(F)(F)F)c1. The van der Waals surface area contributed by atoms with Gasteiger partial charge in [-0.15, -0.1) is 0 Å². The topological polar surface area (TPSA) is 59.9 Å². The molecule has 0 heterocycles. The maximum Gasteiger partial charge on any atom is 0.416 e. The van der Waals surface area contributed by atoms with Crippen LogP contribution in [0.5, 0.6) is 5.75 Å². The van der Waals surface area contributed by atoms with Gasteiger partial charge in [0.25, 0.3) is 5.91 Å². The average Bonchev–Trinajstić information content (AvgIpc) is 2.58. The summed E-state index contributed by atoms with van der Waals surface area (Å²) in [4.78, 5) is 16.5. The molecule has 2 aromatic carbocycles. The molecule has 0 aliphatic heterocycles. The van der Waals surface area contributed by atoms with Crippen LogP contribution in [0.15, 0.2) is 53.7 Å². The van der Waals surface area contributed by atoms with Gasteiger partial charge in [0.05, 0.1) is 18.9 Å². The van der Waals surface area contributed by atoms with E-state index in [9.17, 15) is 18.0 Å². The van der Waals surface area contributed by atoms with Crippen LogP contribution in [0, 0.1) is 0 Å². The molecule has 0 radical (unpaired) electrons. The highest BCUT2D eigenvalue weighted by Gasteiger charge is 2.30. The molecule has 8 heteroatoms. The summed E-state index contributed by atoms with van der Waals surface area (Å²) in [5.74, 6) is -0.0419. The summed E-state index contributed by atoms with van der Waals surface area (Å²) >= 11 is 0. The molecule has 25 heavy (non-hydrogen) atoms. The van der Waals surface area contributed by atoms with Crippen LogP contribution in [0.3, 0.4) is 0 Å². The predicted molar refractivity (Wildman–Crippen MR) is 86.6 cm³/mol. The van der Waals surface area contributed by atoms with Crippen molar-refractivity contribution in [3.8, 4) is 5.75 Å². The van der Waals surface area contributed by atoms with Crippen LogP contribution in [0.2, 0.25) is 0 Å². The Bertz CT molecular complexity index is 761. The van der Waals surface area contributed by atoms with Gasteiger partial charge in [0.15, 0.2) is 6.61 Å². The van der Waals surface area contributed by atoms with Crippen molar-refractivity contribution in [1.82, 2.24) is 0 Å². The Labute approximate surface area is 142 Å². The third-order valence-corrected chi connectivity index (χ3v) is 3.07. The first kappa shape index (κ1) is 18.3. The number of hydrogen-bond acceptors (Lipinski definition) is 4. The van der Waals surface area contributed by atoms with Crippen molar-refractivity contribution < 1.29 is 27.5 Å². The van der Waals surface area contributed by atoms with Gasteiger partial charge in [-0.25, -0.2) is 0 Å². The van der Waals surface area contributed by atoms with E-state index in [4.69, 9.17) is 9.57 Å². The van der Waals surface area contributed by atoms with Crippen LogP contribution in [0.1, 0.15) is 11.1 Å². The average molecular weight is 352 g/mol. The molecule has 2 aromatic rings. The summed E-state index contributed by atoms with van der Waals surface area (Å²) in [6.45, 7) is -0.443. The molecule has 0 aromatic heterocycles. The first-order valence-corrected chi connectivity index (χ1v) is 7.15. The lowest BCUT2D eigenvalue weighted by atomic mass is 10.2. The summed E-state index contributed by atoms with van der Waals surface area (Å²) in [7, 11) is 1.51. The van der Waals surface area contributed by atoms with E-state index in [0.717, 1.165) is 12.1 Å². The Kier molecular flexibility index (Phi) is 5.99. The van der Waals surface area contributed by atoms with Crippen molar-refractivity contribution in [2.75, 3.05) is 19.0 Å². The van der Waals surface area contributed by atoms with E-state index >= 15 is 0 Å². The van der Waals surface area contributed by atoms with E-state index in [1.54, 1.807) is 24.3 Å². The van der Waals surface area contributed by atoms with Gasteiger partial charge in [0.2, 0.25) is 0 Å². The molecule has 0 bridgehead atoms. The summed E-state index contributed by atoms with van der Waals surface area (Å²) in [6, 6.07) is 11.4. The minimum atomic E-state index is -4.48. The number of hydrogen-bond donors (Lipinski definition) is 1. The molecular weight excluding hydrogens is 337 g/mol. The lowest BCUT2D eigenvalue weighted by Gasteiger charge is -2.09. The smallest absolute Gasteiger partial charge is 0.416 e. The van der Waals surface area contributed by atoms with Gasteiger partial charge in [-0.2, -0.15) is 13.2 Å². The number of para-hydroxylation sites is 1. The van der Waals surface area contributed by atoms with Crippen molar-refractivity contribution in [2.24, 2.45) is 5.16 Å². The minimum absolute atomic E-state index is 0.0251. The summed E-state index contributed by atoms with van der Waals surface area (Å²) in [6.07, 6.45) is -3.10. The van der Waals surface area contributed by atoms with Crippen LogP contribution in [-0.4, -0.2) is 25.8 Å². The monoisotopic (exact) mass is 352 g/mol. The fourth-order valence-corrected chi connectivity index (χ4v) is 1.93. The Morgan fingerprint density at radius 1 is 1.20 bits per heavy atom. The second kappa shape index (κ2) is 8.18. The van der Waals surface area contributed by atoms with Gasteiger partial charge in [-0.3, -0.25) is 4.79 Å². The van der Waals surface area contributed by atoms with Crippen molar-refractivity contribution in [2.45, 2.75) is 6.18 Å². The van der Waals surface area contributed by atoms with E-state index in [1.807, 2.05) is 0 Å². The van der Waals surface area contributed by atoms with E-state index in [1.165, 1.54) is 25.5 Å². The first-order chi connectivity index (χ1) is 11.9. The molecule has 1 N–H and O–H groups in total. The Morgan fingerprint density at radius 3 is 2.68 bits per heavy atom. The van der Waals surface area contributed by atoms with Crippen molar-refractivity contribution in [3.05, 3.63) is 59.7 Å². The zero-order valence-corrected chi connectivity index (χ0v) is 13.2. The van der Waals surface area contributed by atoms with Gasteiger partial charge in [-0.1, -0.05) is 23.4 Å². The molecule has 2 rings (SSSR count). The second-order valence-electron chi connectivity index (χ2n) is 4.88. The molecule has 1 amide bonds. The summed E-state index contributed by atoms with van der Waals surface area (Å²) < 4.78 is 43.0. The first-order valence-electron chi connectivity index (χ1n) is 7.15. The van der Waals surface area contributed by atoms with Crippen LogP contribution in [0.4, 0.5) is 18.9 Å². The second-order valence-corrected chi connectivity index (χ2v) is 4.88. The fourth-order valence-electron chi connectivity index (χ4n) is 1.93. The fraction of sp³-hybridized carbons (Fsp3) is 0.176. The molecular formula is C17H15F3N2O3. The van der Waals surface area contributed by atoms with Crippen LogP contribution in [-0.2, 0) is 15.8 Å². The number of carbonyl (C=O) groups is 1. The third-order valence-electron chi connectivity index (χ3n) is 3.07. The van der Waals surface area contributed by atoms with Gasteiger partial charge < -0.3 is 14.9 Å². The summed E-state index contributed by atoms with van der Waals surface area (Å²) in [5, 5.41) is 5.96. The van der Waals surface area contributed by atoms with Crippen molar-refractivity contribution in [3.63, 3.8) is 0 Å². The number of oxime groups is 1. The van der Waals surface area contributed by atoms with Gasteiger partial charge in [0.1, 0.15) is 5.75 Å². The van der Waals surface area contributed by atoms with Crippen LogP contribution in [0.25, 0.3) is 0 Å². The van der Waals surface area contributed by atoms with Gasteiger partial charge in [0, 0.05) is 11.3 Å². The number of amides is 1. The summed E-state index contributed by atoms with van der Waals surface area (Å²) in [5.41, 5.74) is -0.166. The molecule has 5 nitrogen and oxygen atoms in total. The number of methoxy groups -OCH3 is 1. The molecule has 0 saturated carbocycles. The number of alkyl halides is 3. The van der Waals surface area contributed by atoms with Crippen molar-refractivity contribution in [1.29, 1.82) is 0 Å². The minimum Gasteiger partial charge on any atom is -0.496 e. The molecule has 0 fully saturated rings.